The highest BCUT2D eigenvalue weighted by Crippen LogP contribution is 2.24. The molecule has 1 atom stereocenters. The number of nitrogens with one attached hydrogen (secondary N) is 1. The van der Waals surface area contributed by atoms with Crippen LogP contribution in [0.1, 0.15) is 24.5 Å². The first-order chi connectivity index (χ1) is 8.29. The zero-order valence-electron chi connectivity index (χ0n) is 10.3. The summed E-state index contributed by atoms with van der Waals surface area (Å²) in [7, 11) is 2.17. The predicted octanol–water partition coefficient (Wildman–Crippen LogP) is 1.63. The van der Waals surface area contributed by atoms with Gasteiger partial charge in [0.2, 0.25) is 0 Å². The monoisotopic (exact) mass is 252 g/mol. The molecule has 0 aliphatic carbocycles. The number of likely N-dealkylation sites (N-methyl/N-ethyl adjacent to an activating group) is 1. The van der Waals surface area contributed by atoms with Crippen LogP contribution in [-0.2, 0) is 0 Å². The molecule has 17 heavy (non-hydrogen) atoms. The molecule has 94 valence electrons. The average Bonchev–Trinajstić information content (AvgIpc) is 2.37. The molecular formula is C12H20N4S. The number of hydrogen-bond acceptors (Lipinski definition) is 5. The van der Waals surface area contributed by atoms with E-state index in [1.807, 2.05) is 6.07 Å². The number of hydrogen-bond donors (Lipinski definition) is 2. The quantitative estimate of drug-likeness (QED) is 0.799. The van der Waals surface area contributed by atoms with E-state index in [2.05, 4.69) is 46.2 Å². The Hall–Kier alpha value is -0.810. The molecule has 1 unspecified atom stereocenters. The summed E-state index contributed by atoms with van der Waals surface area (Å²) < 4.78 is 0. The Morgan fingerprint density at radius 1 is 1.47 bits per heavy atom. The molecule has 1 fully saturated rings. The second-order valence-corrected chi connectivity index (χ2v) is 5.04. The minimum absolute atomic E-state index is 0.542. The maximum atomic E-state index is 4.33. The van der Waals surface area contributed by atoms with E-state index in [-0.39, 0.29) is 0 Å². The Bertz CT molecular complexity index is 341. The fourth-order valence-electron chi connectivity index (χ4n) is 2.25. The third-order valence-electron chi connectivity index (χ3n) is 3.15. The van der Waals surface area contributed by atoms with Crippen LogP contribution >= 0.6 is 12.6 Å². The Kier molecular flexibility index (Phi) is 4.62. The van der Waals surface area contributed by atoms with Gasteiger partial charge in [0.1, 0.15) is 5.82 Å². The van der Waals surface area contributed by atoms with Gasteiger partial charge in [-0.1, -0.05) is 0 Å². The van der Waals surface area contributed by atoms with Gasteiger partial charge in [0, 0.05) is 24.8 Å². The van der Waals surface area contributed by atoms with Gasteiger partial charge < -0.3 is 10.2 Å². The molecule has 0 bridgehead atoms. The summed E-state index contributed by atoms with van der Waals surface area (Å²) in [5.74, 6) is 2.18. The average molecular weight is 252 g/mol. The van der Waals surface area contributed by atoms with Crippen molar-refractivity contribution in [2.45, 2.75) is 18.8 Å². The third kappa shape index (κ3) is 3.57. The fourth-order valence-corrected chi connectivity index (χ4v) is 2.36. The number of thiol groups is 1. The van der Waals surface area contributed by atoms with Crippen LogP contribution in [0, 0.1) is 0 Å². The van der Waals surface area contributed by atoms with Gasteiger partial charge in [-0.25, -0.2) is 0 Å². The molecular weight excluding hydrogens is 232 g/mol. The maximum absolute atomic E-state index is 4.33. The van der Waals surface area contributed by atoms with E-state index < -0.39 is 0 Å². The van der Waals surface area contributed by atoms with E-state index in [1.54, 1.807) is 0 Å². The highest BCUT2D eigenvalue weighted by atomic mass is 32.1. The summed E-state index contributed by atoms with van der Waals surface area (Å²) in [6.07, 6.45) is 2.48. The molecule has 0 spiro atoms. The van der Waals surface area contributed by atoms with Gasteiger partial charge in [-0.15, -0.1) is 5.10 Å². The van der Waals surface area contributed by atoms with Crippen molar-refractivity contribution in [1.82, 2.24) is 15.1 Å². The van der Waals surface area contributed by atoms with Crippen LogP contribution in [0.25, 0.3) is 0 Å². The van der Waals surface area contributed by atoms with Crippen molar-refractivity contribution in [1.29, 1.82) is 0 Å². The molecule has 0 radical (unpaired) electrons. The molecule has 0 saturated carbocycles. The zero-order chi connectivity index (χ0) is 12.1. The van der Waals surface area contributed by atoms with Gasteiger partial charge in [-0.05, 0) is 38.6 Å². The summed E-state index contributed by atoms with van der Waals surface area (Å²) in [6.45, 7) is 3.12. The molecule has 1 aromatic heterocycles. The van der Waals surface area contributed by atoms with Crippen LogP contribution in [0.5, 0.6) is 0 Å². The lowest BCUT2D eigenvalue weighted by Gasteiger charge is -2.28. The van der Waals surface area contributed by atoms with E-state index >= 15 is 0 Å². The van der Waals surface area contributed by atoms with Crippen LogP contribution in [0.3, 0.4) is 0 Å². The van der Waals surface area contributed by atoms with E-state index in [9.17, 15) is 0 Å². The first kappa shape index (κ1) is 12.6. The van der Waals surface area contributed by atoms with Gasteiger partial charge in [0.25, 0.3) is 0 Å². The molecule has 4 nitrogen and oxygen atoms in total. The van der Waals surface area contributed by atoms with Crippen LogP contribution < -0.4 is 5.32 Å². The topological polar surface area (TPSA) is 41.0 Å². The Morgan fingerprint density at radius 3 is 3.00 bits per heavy atom. The first-order valence-electron chi connectivity index (χ1n) is 6.16. The van der Waals surface area contributed by atoms with Gasteiger partial charge in [0.15, 0.2) is 0 Å². The van der Waals surface area contributed by atoms with Crippen LogP contribution in [0.15, 0.2) is 12.1 Å². The molecule has 5 heteroatoms. The second kappa shape index (κ2) is 6.21. The number of aromatic nitrogens is 2. The molecule has 2 rings (SSSR count). The van der Waals surface area contributed by atoms with Crippen LogP contribution in [0.2, 0.25) is 0 Å². The normalized spacial score (nSPS) is 21.4. The van der Waals surface area contributed by atoms with Crippen molar-refractivity contribution in [2.24, 2.45) is 0 Å². The molecule has 1 aromatic rings. The lowest BCUT2D eigenvalue weighted by Crippen LogP contribution is -2.31. The second-order valence-electron chi connectivity index (χ2n) is 4.60. The van der Waals surface area contributed by atoms with Crippen molar-refractivity contribution < 1.29 is 0 Å². The number of rotatable bonds is 4. The molecule has 1 N–H and O–H groups in total. The van der Waals surface area contributed by atoms with E-state index in [1.165, 1.54) is 19.4 Å². The molecule has 1 aliphatic rings. The highest BCUT2D eigenvalue weighted by Gasteiger charge is 2.20. The Morgan fingerprint density at radius 2 is 2.35 bits per heavy atom. The predicted molar refractivity (Wildman–Crippen MR) is 73.8 cm³/mol. The molecule has 0 aromatic carbocycles. The van der Waals surface area contributed by atoms with Crippen molar-refractivity contribution in [3.63, 3.8) is 0 Å². The third-order valence-corrected chi connectivity index (χ3v) is 3.37. The maximum Gasteiger partial charge on any atom is 0.148 e. The summed E-state index contributed by atoms with van der Waals surface area (Å²) >= 11 is 4.15. The molecule has 0 amide bonds. The lowest BCUT2D eigenvalue weighted by molar-refractivity contribution is 0.248. The van der Waals surface area contributed by atoms with E-state index in [4.69, 9.17) is 0 Å². The number of anilines is 1. The van der Waals surface area contributed by atoms with Gasteiger partial charge in [-0.3, -0.25) is 0 Å². The highest BCUT2D eigenvalue weighted by molar-refractivity contribution is 7.80. The van der Waals surface area contributed by atoms with Crippen molar-refractivity contribution >= 4 is 18.4 Å². The van der Waals surface area contributed by atoms with Crippen molar-refractivity contribution in [3.8, 4) is 0 Å². The van der Waals surface area contributed by atoms with Crippen LogP contribution in [0.4, 0.5) is 5.82 Å². The van der Waals surface area contributed by atoms with Crippen molar-refractivity contribution in [2.75, 3.05) is 37.8 Å². The first-order valence-corrected chi connectivity index (χ1v) is 6.79. The SMILES string of the molecule is CN1CCCC(c2ccc(NCCS)nn2)C1. The summed E-state index contributed by atoms with van der Waals surface area (Å²) in [5, 5.41) is 11.7. The molecule has 1 saturated heterocycles. The number of likely N-dealkylation sites (tertiary alicyclic amines) is 1. The van der Waals surface area contributed by atoms with E-state index in [0.29, 0.717) is 5.92 Å². The summed E-state index contributed by atoms with van der Waals surface area (Å²) in [4.78, 5) is 2.36. The summed E-state index contributed by atoms with van der Waals surface area (Å²) in [6, 6.07) is 4.11. The summed E-state index contributed by atoms with van der Waals surface area (Å²) in [5.41, 5.74) is 1.12. The Balaban J connectivity index is 1.96. The minimum atomic E-state index is 0.542. The largest absolute Gasteiger partial charge is 0.368 e. The Labute approximate surface area is 108 Å². The molecule has 1 aliphatic heterocycles. The lowest BCUT2D eigenvalue weighted by atomic mass is 9.95. The van der Waals surface area contributed by atoms with Crippen LogP contribution in [-0.4, -0.2) is 47.5 Å². The zero-order valence-corrected chi connectivity index (χ0v) is 11.2. The van der Waals surface area contributed by atoms with Gasteiger partial charge in [-0.2, -0.15) is 17.7 Å². The van der Waals surface area contributed by atoms with Gasteiger partial charge >= 0.3 is 0 Å². The standard InChI is InChI=1S/C12H20N4S/c1-16-7-2-3-10(9-16)11-4-5-12(15-14-11)13-6-8-17/h4-5,10,17H,2-3,6-9H2,1H3,(H,13,15). The fraction of sp³-hybridized carbons (Fsp3) is 0.667. The number of piperidine rings is 1. The molecule has 2 heterocycles. The van der Waals surface area contributed by atoms with Gasteiger partial charge in [0.05, 0.1) is 5.69 Å². The minimum Gasteiger partial charge on any atom is -0.368 e. The van der Waals surface area contributed by atoms with Crippen molar-refractivity contribution in [3.05, 3.63) is 17.8 Å². The van der Waals surface area contributed by atoms with E-state index in [0.717, 1.165) is 30.4 Å². The number of nitrogens with zero attached hydrogens (tertiary/aromatic N) is 3. The smallest absolute Gasteiger partial charge is 0.148 e.